The van der Waals surface area contributed by atoms with Crippen molar-refractivity contribution < 1.29 is 70.0 Å². The summed E-state index contributed by atoms with van der Waals surface area (Å²) < 4.78 is 83.2. The van der Waals surface area contributed by atoms with Crippen molar-refractivity contribution in [1.29, 1.82) is 0 Å². The van der Waals surface area contributed by atoms with Crippen molar-refractivity contribution in [3.63, 3.8) is 0 Å². The summed E-state index contributed by atoms with van der Waals surface area (Å²) in [6, 6.07) is 3.91. The molecule has 1 aliphatic rings. The van der Waals surface area contributed by atoms with E-state index in [9.17, 15) is 47.0 Å². The van der Waals surface area contributed by atoms with Crippen molar-refractivity contribution in [3.05, 3.63) is 57.0 Å². The van der Waals surface area contributed by atoms with Gasteiger partial charge in [0.2, 0.25) is 0 Å². The number of aliphatic hydroxyl groups is 2. The molecule has 1 aliphatic heterocycles. The van der Waals surface area contributed by atoms with Gasteiger partial charge in [0.15, 0.2) is 11.8 Å². The third-order valence-corrected chi connectivity index (χ3v) is 7.53. The molecule has 0 aliphatic carbocycles. The van der Waals surface area contributed by atoms with Crippen LogP contribution in [-0.2, 0) is 29.2 Å². The molecule has 2 aromatic heterocycles. The SMILES string of the molecule is O=c1ccn([C@@H]2O[C@H](COP(=O)(O)OP(=O)(O)O)[C@H](O)[C@@H]2O)c(=O)n1Cc1noc2cc(OC(F)(F)F)ccc12. The number of phosphoric acid groups is 2. The first-order valence-corrected chi connectivity index (χ1v) is 13.7. The molecule has 1 fully saturated rings. The van der Waals surface area contributed by atoms with Crippen molar-refractivity contribution in [2.75, 3.05) is 6.61 Å². The highest BCUT2D eigenvalue weighted by Gasteiger charge is 2.46. The molecular weight excluding hydrogens is 601 g/mol. The van der Waals surface area contributed by atoms with Gasteiger partial charge in [-0.05, 0) is 12.1 Å². The standard InChI is InChI=1S/C18H18F3N3O14P2/c19-18(20,21)36-8-1-2-9-10(22-37-11(9)5-8)6-24-13(25)3-4-23(17(24)28)16-15(27)14(26)12(35-16)7-34-40(32,33)38-39(29,30)31/h1-5,12,14-16,26-27H,6-7H2,(H,32,33)(H2,29,30,31)/t12-,14+,15+,16-/m1/s1. The van der Waals surface area contributed by atoms with Gasteiger partial charge in [-0.15, -0.1) is 13.2 Å². The summed E-state index contributed by atoms with van der Waals surface area (Å²) in [5.41, 5.74) is -2.15. The van der Waals surface area contributed by atoms with Crippen LogP contribution < -0.4 is 16.0 Å². The van der Waals surface area contributed by atoms with Gasteiger partial charge in [0.1, 0.15) is 29.8 Å². The van der Waals surface area contributed by atoms with E-state index in [2.05, 4.69) is 18.7 Å². The fraction of sp³-hybridized carbons (Fsp3) is 0.389. The van der Waals surface area contributed by atoms with Crippen molar-refractivity contribution >= 4 is 26.6 Å². The topological polar surface area (TPSA) is 242 Å². The Morgan fingerprint density at radius 1 is 1.07 bits per heavy atom. The van der Waals surface area contributed by atoms with Gasteiger partial charge in [-0.3, -0.25) is 18.5 Å². The summed E-state index contributed by atoms with van der Waals surface area (Å²) in [4.78, 5) is 52.2. The van der Waals surface area contributed by atoms with Gasteiger partial charge < -0.3 is 38.9 Å². The minimum atomic E-state index is -5.44. The van der Waals surface area contributed by atoms with E-state index >= 15 is 0 Å². The summed E-state index contributed by atoms with van der Waals surface area (Å²) in [7, 11) is -10.8. The van der Waals surface area contributed by atoms with E-state index in [0.717, 1.165) is 30.5 Å². The van der Waals surface area contributed by atoms with Crippen molar-refractivity contribution in [3.8, 4) is 5.75 Å². The minimum absolute atomic E-state index is 0.0338. The molecule has 220 valence electrons. The molecule has 1 aromatic carbocycles. The summed E-state index contributed by atoms with van der Waals surface area (Å²) >= 11 is 0. The molecule has 1 unspecified atom stereocenters. The smallest absolute Gasteiger partial charge is 0.406 e. The zero-order valence-corrected chi connectivity index (χ0v) is 21.2. The molecule has 17 nitrogen and oxygen atoms in total. The van der Waals surface area contributed by atoms with E-state index in [0.29, 0.717) is 9.13 Å². The lowest BCUT2D eigenvalue weighted by Gasteiger charge is -2.19. The Labute approximate surface area is 218 Å². The normalized spacial score (nSPS) is 23.4. The summed E-state index contributed by atoms with van der Waals surface area (Å²) in [6.07, 6.45) is -11.0. The predicted octanol–water partition coefficient (Wildman–Crippen LogP) is -0.0564. The van der Waals surface area contributed by atoms with Gasteiger partial charge in [0.25, 0.3) is 5.56 Å². The number of phosphoric ester groups is 1. The van der Waals surface area contributed by atoms with Gasteiger partial charge in [0.05, 0.1) is 13.2 Å². The maximum atomic E-state index is 13.1. The van der Waals surface area contributed by atoms with Gasteiger partial charge in [0, 0.05) is 23.7 Å². The highest BCUT2D eigenvalue weighted by atomic mass is 31.3. The second-order valence-corrected chi connectivity index (χ2v) is 11.0. The number of hydrogen-bond donors (Lipinski definition) is 5. The summed E-state index contributed by atoms with van der Waals surface area (Å²) in [5, 5.41) is 24.5. The fourth-order valence-electron chi connectivity index (χ4n) is 3.72. The van der Waals surface area contributed by atoms with Gasteiger partial charge in [-0.25, -0.2) is 13.9 Å². The molecule has 0 saturated carbocycles. The largest absolute Gasteiger partial charge is 0.573 e. The zero-order valence-electron chi connectivity index (χ0n) is 19.4. The lowest BCUT2D eigenvalue weighted by atomic mass is 10.1. The second kappa shape index (κ2) is 10.8. The molecule has 5 N–H and O–H groups in total. The number of fused-ring (bicyclic) bond motifs is 1. The monoisotopic (exact) mass is 619 g/mol. The van der Waals surface area contributed by atoms with E-state index < -0.39 is 76.7 Å². The number of hydrogen-bond acceptors (Lipinski definition) is 12. The lowest BCUT2D eigenvalue weighted by molar-refractivity contribution is -0.274. The molecule has 1 saturated heterocycles. The highest BCUT2D eigenvalue weighted by Crippen LogP contribution is 2.57. The predicted molar refractivity (Wildman–Crippen MR) is 120 cm³/mol. The van der Waals surface area contributed by atoms with Crippen LogP contribution in [0.25, 0.3) is 11.0 Å². The minimum Gasteiger partial charge on any atom is -0.406 e. The molecular formula is C18H18F3N3O14P2. The average molecular weight is 619 g/mol. The number of nitrogens with zero attached hydrogens (tertiary/aromatic N) is 3. The highest BCUT2D eigenvalue weighted by molar-refractivity contribution is 7.60. The van der Waals surface area contributed by atoms with Crippen LogP contribution in [0.3, 0.4) is 0 Å². The van der Waals surface area contributed by atoms with Gasteiger partial charge in [-0.2, -0.15) is 4.31 Å². The van der Waals surface area contributed by atoms with Gasteiger partial charge in [-0.1, -0.05) is 5.16 Å². The first-order chi connectivity index (χ1) is 18.4. The number of ether oxygens (including phenoxy) is 2. The van der Waals surface area contributed by atoms with Crippen LogP contribution in [0.5, 0.6) is 5.75 Å². The van der Waals surface area contributed by atoms with Crippen LogP contribution >= 0.6 is 15.6 Å². The van der Waals surface area contributed by atoms with E-state index in [1.807, 2.05) is 0 Å². The van der Waals surface area contributed by atoms with Crippen LogP contribution in [-0.4, -0.2) is 70.5 Å². The summed E-state index contributed by atoms with van der Waals surface area (Å²) in [6.45, 7) is -1.57. The average Bonchev–Trinajstić information content (AvgIpc) is 3.33. The van der Waals surface area contributed by atoms with Crippen LogP contribution in [0.4, 0.5) is 13.2 Å². The first kappa shape index (κ1) is 30.1. The lowest BCUT2D eigenvalue weighted by Crippen LogP contribution is -2.43. The Morgan fingerprint density at radius 3 is 2.42 bits per heavy atom. The Hall–Kier alpha value is -2.90. The molecule has 5 atom stereocenters. The van der Waals surface area contributed by atoms with E-state index in [1.165, 1.54) is 0 Å². The molecule has 40 heavy (non-hydrogen) atoms. The van der Waals surface area contributed by atoms with Crippen molar-refractivity contribution in [1.82, 2.24) is 14.3 Å². The first-order valence-electron chi connectivity index (χ1n) is 10.7. The number of aliphatic hydroxyl groups excluding tert-OH is 2. The Morgan fingerprint density at radius 2 is 1.77 bits per heavy atom. The van der Waals surface area contributed by atoms with Crippen LogP contribution in [0.15, 0.2) is 44.6 Å². The molecule has 22 heteroatoms. The second-order valence-electron chi connectivity index (χ2n) is 8.15. The quantitative estimate of drug-likeness (QED) is 0.197. The zero-order chi connectivity index (χ0) is 29.6. The van der Waals surface area contributed by atoms with Crippen molar-refractivity contribution in [2.45, 2.75) is 37.4 Å². The Bertz CT molecular complexity index is 1610. The molecule has 0 amide bonds. The number of benzene rings is 1. The van der Waals surface area contributed by atoms with E-state index in [1.54, 1.807) is 0 Å². The molecule has 0 bridgehead atoms. The summed E-state index contributed by atoms with van der Waals surface area (Å²) in [5.74, 6) is -0.600. The van der Waals surface area contributed by atoms with Crippen LogP contribution in [0, 0.1) is 0 Å². The Balaban J connectivity index is 1.55. The number of alkyl halides is 3. The number of aromatic nitrogens is 3. The molecule has 4 rings (SSSR count). The number of rotatable bonds is 9. The van der Waals surface area contributed by atoms with Crippen molar-refractivity contribution in [2.24, 2.45) is 0 Å². The maximum absolute atomic E-state index is 13.1. The molecule has 3 heterocycles. The third-order valence-electron chi connectivity index (χ3n) is 5.38. The van der Waals surface area contributed by atoms with Crippen LogP contribution in [0.1, 0.15) is 11.9 Å². The number of halogens is 3. The fourth-order valence-corrected chi connectivity index (χ4v) is 5.32. The molecule has 0 spiro atoms. The van der Waals surface area contributed by atoms with Gasteiger partial charge >= 0.3 is 27.7 Å². The molecule has 0 radical (unpaired) electrons. The third kappa shape index (κ3) is 6.87. The maximum Gasteiger partial charge on any atom is 0.573 e. The molecule has 3 aromatic rings. The van der Waals surface area contributed by atoms with E-state index in [4.69, 9.17) is 19.0 Å². The van der Waals surface area contributed by atoms with E-state index in [-0.39, 0.29) is 16.7 Å². The van der Waals surface area contributed by atoms with Crippen LogP contribution in [0.2, 0.25) is 0 Å². The Kier molecular flexibility index (Phi) is 8.14.